The van der Waals surface area contributed by atoms with Gasteiger partial charge in [0.1, 0.15) is 11.8 Å². The third-order valence-corrected chi connectivity index (χ3v) is 2.40. The zero-order valence-corrected chi connectivity index (χ0v) is 9.02. The van der Waals surface area contributed by atoms with Crippen molar-refractivity contribution >= 4 is 82.6 Å². The van der Waals surface area contributed by atoms with Gasteiger partial charge in [-0.2, -0.15) is 0 Å². The van der Waals surface area contributed by atoms with Gasteiger partial charge >= 0.3 is 71.1 Å². The Balaban J connectivity index is 0. The van der Waals surface area contributed by atoms with Crippen molar-refractivity contribution in [3.63, 3.8) is 0 Å². The molecule has 0 aliphatic heterocycles. The summed E-state index contributed by atoms with van der Waals surface area (Å²) in [6.07, 6.45) is -0.150. The summed E-state index contributed by atoms with van der Waals surface area (Å²) in [7, 11) is 1.12. The van der Waals surface area contributed by atoms with Crippen LogP contribution >= 0.6 is 0 Å². The van der Waals surface area contributed by atoms with Gasteiger partial charge in [-0.25, -0.2) is 0 Å². The Labute approximate surface area is 149 Å². The van der Waals surface area contributed by atoms with Crippen molar-refractivity contribution in [1.82, 2.24) is 0 Å². The number of ether oxygens (including phenoxy) is 2. The molecule has 0 saturated heterocycles. The zero-order valence-electron chi connectivity index (χ0n) is 9.02. The fourth-order valence-corrected chi connectivity index (χ4v) is 1.58. The van der Waals surface area contributed by atoms with Gasteiger partial charge in [-0.15, -0.1) is 0 Å². The van der Waals surface area contributed by atoms with Gasteiger partial charge in [-0.05, 0) is 13.3 Å². The molecule has 2 atom stereocenters. The summed E-state index contributed by atoms with van der Waals surface area (Å²) in [5.41, 5.74) is 0. The van der Waals surface area contributed by atoms with E-state index in [0.717, 1.165) is 7.11 Å². The van der Waals surface area contributed by atoms with Crippen LogP contribution in [0.3, 0.4) is 0 Å². The van der Waals surface area contributed by atoms with Crippen molar-refractivity contribution in [2.24, 2.45) is 11.8 Å². The quantitative estimate of drug-likeness (QED) is 0.262. The Kier molecular flexibility index (Phi) is 10.6. The number of rotatable bonds is 3. The first-order chi connectivity index (χ1) is 7.52. The third kappa shape index (κ3) is 4.43. The van der Waals surface area contributed by atoms with Crippen LogP contribution in [-0.2, 0) is 28.7 Å². The molecule has 0 radical (unpaired) electrons. The Morgan fingerprint density at radius 3 is 1.94 bits per heavy atom. The number of hydrogen-bond acceptors (Lipinski definition) is 6. The Hall–Kier alpha value is 0.280. The van der Waals surface area contributed by atoms with E-state index in [9.17, 15) is 19.2 Å². The molecule has 6 nitrogen and oxygen atoms in total. The van der Waals surface area contributed by atoms with E-state index in [1.54, 1.807) is 6.92 Å². The first-order valence-electron chi connectivity index (χ1n) is 4.85. The molecule has 18 heavy (non-hydrogen) atoms. The summed E-state index contributed by atoms with van der Waals surface area (Å²) in [5, 5.41) is 0. The second kappa shape index (κ2) is 9.23. The third-order valence-electron chi connectivity index (χ3n) is 2.40. The average Bonchev–Trinajstić information content (AvgIpc) is 2.56. The van der Waals surface area contributed by atoms with Gasteiger partial charge in [0.2, 0.25) is 11.6 Å². The van der Waals surface area contributed by atoms with Gasteiger partial charge in [-0.1, -0.05) is 0 Å². The standard InChI is InChI=1S/C10H12O6.2Na.2H/c1-3-16-10(14)6-4-5(9(13)15-2)7(11)8(6)12;;;;/h5-6H,3-4H2,1-2H3;;;;. The summed E-state index contributed by atoms with van der Waals surface area (Å²) >= 11 is 0. The van der Waals surface area contributed by atoms with Gasteiger partial charge in [0.15, 0.2) is 0 Å². The van der Waals surface area contributed by atoms with E-state index in [2.05, 4.69) is 9.47 Å². The number of Topliss-reactive ketones (excluding diaryl/α,β-unsaturated/α-hetero) is 2. The van der Waals surface area contributed by atoms with E-state index < -0.39 is 35.3 Å². The van der Waals surface area contributed by atoms with Gasteiger partial charge in [-0.3, -0.25) is 19.2 Å². The maximum absolute atomic E-state index is 11.4. The van der Waals surface area contributed by atoms with Gasteiger partial charge < -0.3 is 9.47 Å². The van der Waals surface area contributed by atoms with Crippen molar-refractivity contribution in [2.45, 2.75) is 13.3 Å². The number of methoxy groups -OCH3 is 1. The fraction of sp³-hybridized carbons (Fsp3) is 0.600. The molecule has 1 rings (SSSR count). The van der Waals surface area contributed by atoms with Crippen LogP contribution in [0, 0.1) is 11.8 Å². The van der Waals surface area contributed by atoms with E-state index >= 15 is 0 Å². The van der Waals surface area contributed by atoms with Crippen molar-refractivity contribution < 1.29 is 28.7 Å². The first-order valence-corrected chi connectivity index (χ1v) is 4.85. The molecule has 0 aromatic heterocycles. The van der Waals surface area contributed by atoms with Crippen molar-refractivity contribution in [2.75, 3.05) is 13.7 Å². The summed E-state index contributed by atoms with van der Waals surface area (Å²) < 4.78 is 9.02. The summed E-state index contributed by atoms with van der Waals surface area (Å²) in [6.45, 7) is 1.72. The number of esters is 2. The van der Waals surface area contributed by atoms with Crippen LogP contribution < -0.4 is 0 Å². The van der Waals surface area contributed by atoms with Crippen molar-refractivity contribution in [1.29, 1.82) is 0 Å². The average molecular weight is 276 g/mol. The molecule has 1 fully saturated rings. The second-order valence-electron chi connectivity index (χ2n) is 3.34. The maximum atomic E-state index is 11.4. The van der Waals surface area contributed by atoms with Crippen molar-refractivity contribution in [3.05, 3.63) is 0 Å². The second-order valence-corrected chi connectivity index (χ2v) is 3.34. The molecule has 2 unspecified atom stereocenters. The van der Waals surface area contributed by atoms with Crippen LogP contribution in [0.15, 0.2) is 0 Å². The van der Waals surface area contributed by atoms with Crippen molar-refractivity contribution in [3.8, 4) is 0 Å². The number of ketones is 2. The molecule has 8 heteroatoms. The molecule has 0 N–H and O–H groups in total. The Morgan fingerprint density at radius 2 is 1.56 bits per heavy atom. The SMILES string of the molecule is CCOC(=O)C1CC(C(=O)OC)C(=O)C1=O.[NaH].[NaH]. The van der Waals surface area contributed by atoms with Gasteiger partial charge in [0.25, 0.3) is 0 Å². The molecule has 1 saturated carbocycles. The van der Waals surface area contributed by atoms with E-state index in [-0.39, 0.29) is 72.1 Å². The number of carbonyl (C=O) groups excluding carboxylic acids is 4. The van der Waals surface area contributed by atoms with E-state index in [1.807, 2.05) is 0 Å². The van der Waals surface area contributed by atoms with Crippen LogP contribution in [0.2, 0.25) is 0 Å². The van der Waals surface area contributed by atoms with Gasteiger partial charge in [0, 0.05) is 0 Å². The van der Waals surface area contributed by atoms with Crippen LogP contribution in [0.4, 0.5) is 0 Å². The minimum atomic E-state index is -1.16. The van der Waals surface area contributed by atoms with Crippen LogP contribution in [0.1, 0.15) is 13.3 Å². The summed E-state index contributed by atoms with van der Waals surface area (Å²) in [6, 6.07) is 0. The van der Waals surface area contributed by atoms with E-state index in [1.165, 1.54) is 0 Å². The predicted octanol–water partition coefficient (Wildman–Crippen LogP) is -1.80. The Bertz CT molecular complexity index is 354. The summed E-state index contributed by atoms with van der Waals surface area (Å²) in [5.74, 6) is -5.60. The zero-order chi connectivity index (χ0) is 12.3. The molecule has 1 aliphatic rings. The molecule has 0 bridgehead atoms. The topological polar surface area (TPSA) is 86.7 Å². The predicted molar refractivity (Wildman–Crippen MR) is 64.6 cm³/mol. The van der Waals surface area contributed by atoms with Crippen LogP contribution in [0.25, 0.3) is 0 Å². The molecular formula is C10H14Na2O6. The van der Waals surface area contributed by atoms with E-state index in [4.69, 9.17) is 0 Å². The monoisotopic (exact) mass is 276 g/mol. The Morgan fingerprint density at radius 1 is 1.11 bits per heavy atom. The molecule has 92 valence electrons. The molecule has 0 amide bonds. The molecule has 0 spiro atoms. The molecule has 0 aromatic carbocycles. The summed E-state index contributed by atoms with van der Waals surface area (Å²) in [4.78, 5) is 45.2. The molecule has 0 aromatic rings. The van der Waals surface area contributed by atoms with Crippen LogP contribution in [-0.4, -0.2) is 96.3 Å². The fourth-order valence-electron chi connectivity index (χ4n) is 1.58. The molecule has 1 aliphatic carbocycles. The van der Waals surface area contributed by atoms with Gasteiger partial charge in [0.05, 0.1) is 13.7 Å². The van der Waals surface area contributed by atoms with E-state index in [0.29, 0.717) is 0 Å². The first kappa shape index (κ1) is 20.6. The normalized spacial score (nSPS) is 21.7. The molecule has 0 heterocycles. The van der Waals surface area contributed by atoms with Crippen LogP contribution in [0.5, 0.6) is 0 Å². The number of hydrogen-bond donors (Lipinski definition) is 0. The number of carbonyl (C=O) groups is 4. The molecular weight excluding hydrogens is 262 g/mol. The minimum absolute atomic E-state index is 0.